The van der Waals surface area contributed by atoms with E-state index in [1.54, 1.807) is 0 Å². The van der Waals surface area contributed by atoms with Crippen molar-refractivity contribution in [3.05, 3.63) is 0 Å². The number of hydrogen-bond donors (Lipinski definition) is 2. The molecule has 0 bridgehead atoms. The third-order valence-electron chi connectivity index (χ3n) is 3.06. The molecule has 16 heavy (non-hydrogen) atoms. The molecule has 1 aliphatic carbocycles. The van der Waals surface area contributed by atoms with Gasteiger partial charge in [-0.3, -0.25) is 4.90 Å². The highest BCUT2D eigenvalue weighted by Crippen LogP contribution is 2.23. The molecule has 0 atom stereocenters. The number of hydrogen-bond acceptors (Lipinski definition) is 4. The summed E-state index contributed by atoms with van der Waals surface area (Å²) in [5.74, 6) is 2.61. The first kappa shape index (κ1) is 13.6. The molecule has 4 nitrogen and oxygen atoms in total. The minimum Gasteiger partial charge on any atom is -0.409 e. The van der Waals surface area contributed by atoms with Crippen LogP contribution in [-0.4, -0.2) is 46.6 Å². The van der Waals surface area contributed by atoms with Gasteiger partial charge in [-0.25, -0.2) is 0 Å². The standard InChI is InChI=1S/C11H23N3OS/c1-2-16-8-7-14(9-11(12)13-15)10-5-3-4-6-10/h10,15H,2-9H2,1H3,(H2,12,13). The first-order valence-electron chi connectivity index (χ1n) is 6.06. The molecule has 0 aromatic carbocycles. The Balaban J connectivity index is 2.40. The number of oxime groups is 1. The van der Waals surface area contributed by atoms with Gasteiger partial charge in [0.1, 0.15) is 0 Å². The number of amidine groups is 1. The summed E-state index contributed by atoms with van der Waals surface area (Å²) >= 11 is 1.95. The van der Waals surface area contributed by atoms with E-state index in [1.807, 2.05) is 11.8 Å². The van der Waals surface area contributed by atoms with Crippen molar-refractivity contribution in [2.24, 2.45) is 10.9 Å². The molecule has 1 rings (SSSR count). The van der Waals surface area contributed by atoms with Crippen molar-refractivity contribution in [1.82, 2.24) is 4.90 Å². The van der Waals surface area contributed by atoms with Crippen LogP contribution in [0.2, 0.25) is 0 Å². The molecule has 0 aromatic rings. The molecule has 5 heteroatoms. The molecule has 0 amide bonds. The molecule has 1 saturated carbocycles. The van der Waals surface area contributed by atoms with Crippen molar-refractivity contribution < 1.29 is 5.21 Å². The van der Waals surface area contributed by atoms with Crippen LogP contribution in [-0.2, 0) is 0 Å². The van der Waals surface area contributed by atoms with E-state index < -0.39 is 0 Å². The molecular weight excluding hydrogens is 222 g/mol. The van der Waals surface area contributed by atoms with E-state index in [0.29, 0.717) is 18.4 Å². The van der Waals surface area contributed by atoms with E-state index >= 15 is 0 Å². The van der Waals surface area contributed by atoms with Gasteiger partial charge in [-0.1, -0.05) is 24.9 Å². The summed E-state index contributed by atoms with van der Waals surface area (Å²) in [6.07, 6.45) is 5.15. The number of thioether (sulfide) groups is 1. The van der Waals surface area contributed by atoms with Gasteiger partial charge in [0.05, 0.1) is 6.54 Å². The molecular formula is C11H23N3OS. The Labute approximate surface area is 102 Å². The largest absolute Gasteiger partial charge is 0.409 e. The average Bonchev–Trinajstić information content (AvgIpc) is 2.81. The van der Waals surface area contributed by atoms with Gasteiger partial charge in [-0.15, -0.1) is 0 Å². The second-order valence-corrected chi connectivity index (χ2v) is 5.59. The average molecular weight is 245 g/mol. The first-order chi connectivity index (χ1) is 7.77. The maximum Gasteiger partial charge on any atom is 0.153 e. The van der Waals surface area contributed by atoms with Crippen molar-refractivity contribution in [2.75, 3.05) is 24.6 Å². The van der Waals surface area contributed by atoms with Crippen LogP contribution in [0.3, 0.4) is 0 Å². The van der Waals surface area contributed by atoms with E-state index in [9.17, 15) is 0 Å². The highest BCUT2D eigenvalue weighted by atomic mass is 32.2. The van der Waals surface area contributed by atoms with E-state index in [0.717, 1.165) is 18.1 Å². The van der Waals surface area contributed by atoms with E-state index in [1.165, 1.54) is 25.7 Å². The van der Waals surface area contributed by atoms with E-state index in [2.05, 4.69) is 17.0 Å². The van der Waals surface area contributed by atoms with Gasteiger partial charge in [0.15, 0.2) is 5.84 Å². The zero-order chi connectivity index (χ0) is 11.8. The van der Waals surface area contributed by atoms with Crippen LogP contribution in [0.4, 0.5) is 0 Å². The minimum atomic E-state index is 0.327. The highest BCUT2D eigenvalue weighted by molar-refractivity contribution is 7.99. The topological polar surface area (TPSA) is 61.8 Å². The Morgan fingerprint density at radius 1 is 1.50 bits per heavy atom. The van der Waals surface area contributed by atoms with Crippen molar-refractivity contribution in [2.45, 2.75) is 38.6 Å². The fraction of sp³-hybridized carbons (Fsp3) is 0.909. The second kappa shape index (κ2) is 7.79. The summed E-state index contributed by atoms with van der Waals surface area (Å²) in [6.45, 7) is 3.82. The van der Waals surface area contributed by atoms with Crippen LogP contribution < -0.4 is 5.73 Å². The lowest BCUT2D eigenvalue weighted by molar-refractivity contribution is 0.235. The normalized spacial score (nSPS) is 18.5. The Morgan fingerprint density at radius 2 is 2.19 bits per heavy atom. The molecule has 1 aliphatic rings. The molecule has 0 aliphatic heterocycles. The third kappa shape index (κ3) is 4.61. The van der Waals surface area contributed by atoms with Gasteiger partial charge >= 0.3 is 0 Å². The highest BCUT2D eigenvalue weighted by Gasteiger charge is 2.22. The fourth-order valence-electron chi connectivity index (χ4n) is 2.23. The molecule has 94 valence electrons. The predicted octanol–water partition coefficient (Wildman–Crippen LogP) is 1.73. The van der Waals surface area contributed by atoms with Crippen LogP contribution in [0.5, 0.6) is 0 Å². The summed E-state index contributed by atoms with van der Waals surface area (Å²) < 4.78 is 0. The summed E-state index contributed by atoms with van der Waals surface area (Å²) in [7, 11) is 0. The second-order valence-electron chi connectivity index (χ2n) is 4.20. The van der Waals surface area contributed by atoms with Crippen molar-refractivity contribution in [1.29, 1.82) is 0 Å². The summed E-state index contributed by atoms with van der Waals surface area (Å²) in [6, 6.07) is 0.637. The lowest BCUT2D eigenvalue weighted by atomic mass is 10.2. The van der Waals surface area contributed by atoms with Crippen molar-refractivity contribution in [3.63, 3.8) is 0 Å². The van der Waals surface area contributed by atoms with Gasteiger partial charge in [0, 0.05) is 18.3 Å². The van der Waals surface area contributed by atoms with Crippen LogP contribution in [0.15, 0.2) is 5.16 Å². The fourth-order valence-corrected chi connectivity index (χ4v) is 2.88. The zero-order valence-corrected chi connectivity index (χ0v) is 10.9. The third-order valence-corrected chi connectivity index (χ3v) is 3.94. The van der Waals surface area contributed by atoms with Gasteiger partial charge in [-0.2, -0.15) is 11.8 Å². The Hall–Kier alpha value is -0.420. The molecule has 1 fully saturated rings. The molecule has 0 aromatic heterocycles. The lowest BCUT2D eigenvalue weighted by Crippen LogP contribution is -2.41. The number of nitrogens with two attached hydrogens (primary N) is 1. The van der Waals surface area contributed by atoms with Crippen LogP contribution in [0.1, 0.15) is 32.6 Å². The SMILES string of the molecule is CCSCCN(CC(N)=NO)C1CCCC1. The van der Waals surface area contributed by atoms with Gasteiger partial charge < -0.3 is 10.9 Å². The molecule has 3 N–H and O–H groups in total. The van der Waals surface area contributed by atoms with E-state index in [4.69, 9.17) is 10.9 Å². The van der Waals surface area contributed by atoms with Crippen molar-refractivity contribution in [3.8, 4) is 0 Å². The zero-order valence-electron chi connectivity index (χ0n) is 10.1. The Bertz CT molecular complexity index is 217. The smallest absolute Gasteiger partial charge is 0.153 e. The van der Waals surface area contributed by atoms with Crippen LogP contribution >= 0.6 is 11.8 Å². The lowest BCUT2D eigenvalue weighted by Gasteiger charge is -2.27. The Morgan fingerprint density at radius 3 is 2.75 bits per heavy atom. The maximum absolute atomic E-state index is 8.63. The van der Waals surface area contributed by atoms with Gasteiger partial charge in [0.2, 0.25) is 0 Å². The minimum absolute atomic E-state index is 0.327. The summed E-state index contributed by atoms with van der Waals surface area (Å²) in [5, 5.41) is 11.7. The van der Waals surface area contributed by atoms with Gasteiger partial charge in [-0.05, 0) is 18.6 Å². The Kier molecular flexibility index (Phi) is 6.64. The monoisotopic (exact) mass is 245 g/mol. The van der Waals surface area contributed by atoms with Crippen molar-refractivity contribution >= 4 is 17.6 Å². The quantitative estimate of drug-likeness (QED) is 0.236. The van der Waals surface area contributed by atoms with Crippen LogP contribution in [0.25, 0.3) is 0 Å². The van der Waals surface area contributed by atoms with Gasteiger partial charge in [0.25, 0.3) is 0 Å². The first-order valence-corrected chi connectivity index (χ1v) is 7.21. The summed E-state index contributed by atoms with van der Waals surface area (Å²) in [5.41, 5.74) is 5.60. The molecule has 0 heterocycles. The number of rotatable bonds is 7. The predicted molar refractivity (Wildman–Crippen MR) is 70.2 cm³/mol. The summed E-state index contributed by atoms with van der Waals surface area (Å²) in [4.78, 5) is 2.37. The van der Waals surface area contributed by atoms with Crippen LogP contribution in [0, 0.1) is 0 Å². The molecule has 0 unspecified atom stereocenters. The number of nitrogens with zero attached hydrogens (tertiary/aromatic N) is 2. The van der Waals surface area contributed by atoms with E-state index in [-0.39, 0.29) is 0 Å². The molecule has 0 spiro atoms. The molecule has 0 radical (unpaired) electrons. The maximum atomic E-state index is 8.63. The molecule has 0 saturated heterocycles.